The molecule has 1 amide bonds. The van der Waals surface area contributed by atoms with Crippen LogP contribution in [0.25, 0.3) is 5.82 Å². The van der Waals surface area contributed by atoms with Crippen molar-refractivity contribution in [1.82, 2.24) is 50.0 Å². The summed E-state index contributed by atoms with van der Waals surface area (Å²) in [7, 11) is -4.43. The highest BCUT2D eigenvalue weighted by Crippen LogP contribution is 2.59. The minimum Gasteiger partial charge on any atom is -0.477 e. The van der Waals surface area contributed by atoms with E-state index in [0.29, 0.717) is 18.3 Å². The van der Waals surface area contributed by atoms with Crippen molar-refractivity contribution in [1.29, 1.82) is 0 Å². The molecular weight excluding hydrogens is 750 g/mol. The van der Waals surface area contributed by atoms with Gasteiger partial charge in [-0.1, -0.05) is 17.7 Å². The molecule has 21 heteroatoms. The maximum atomic E-state index is 13.2. The van der Waals surface area contributed by atoms with Crippen molar-refractivity contribution in [2.75, 3.05) is 18.5 Å². The number of tetrazole rings is 1. The lowest BCUT2D eigenvalue weighted by atomic mass is 9.94. The Bertz CT molecular complexity index is 1990. The molecule has 1 aliphatic carbocycles. The van der Waals surface area contributed by atoms with Gasteiger partial charge in [0.05, 0.1) is 24.1 Å². The molecular formula is C31H38Cl2F3N11O4S. The number of pyridine rings is 2. The highest BCUT2D eigenvalue weighted by Gasteiger charge is 2.62. The maximum absolute atomic E-state index is 13.2. The fourth-order valence-corrected chi connectivity index (χ4v) is 7.19. The van der Waals surface area contributed by atoms with E-state index in [9.17, 15) is 26.4 Å². The van der Waals surface area contributed by atoms with Crippen LogP contribution in [0.4, 0.5) is 19.0 Å². The molecule has 4 aromatic heterocycles. The van der Waals surface area contributed by atoms with Crippen molar-refractivity contribution < 1.29 is 31.1 Å². The maximum Gasteiger partial charge on any atom is 0.394 e. The molecule has 1 aliphatic heterocycles. The number of alkyl halides is 3. The van der Waals surface area contributed by atoms with Crippen molar-refractivity contribution in [3.8, 4) is 11.7 Å². The number of rotatable bonds is 15. The lowest BCUT2D eigenvalue weighted by Gasteiger charge is -2.18. The van der Waals surface area contributed by atoms with Gasteiger partial charge in [0.15, 0.2) is 16.7 Å². The minimum absolute atomic E-state index is 0. The molecule has 282 valence electrons. The number of carbonyl (C=O) groups is 1. The quantitative estimate of drug-likeness (QED) is 0.141. The summed E-state index contributed by atoms with van der Waals surface area (Å²) in [5, 5.41) is 21.9. The first-order valence-corrected chi connectivity index (χ1v) is 18.2. The number of sulfonamides is 1. The van der Waals surface area contributed by atoms with Crippen molar-refractivity contribution in [2.24, 2.45) is 11.3 Å². The summed E-state index contributed by atoms with van der Waals surface area (Å²) >= 11 is 6.25. The molecule has 52 heavy (non-hydrogen) atoms. The van der Waals surface area contributed by atoms with Crippen LogP contribution in [0, 0.1) is 11.3 Å². The van der Waals surface area contributed by atoms with Gasteiger partial charge in [-0.25, -0.2) is 24.1 Å². The molecule has 2 fully saturated rings. The van der Waals surface area contributed by atoms with Crippen LogP contribution in [0.3, 0.4) is 0 Å². The summed E-state index contributed by atoms with van der Waals surface area (Å²) in [4.78, 5) is 21.2. The predicted molar refractivity (Wildman–Crippen MR) is 185 cm³/mol. The van der Waals surface area contributed by atoms with Crippen molar-refractivity contribution >= 4 is 45.8 Å². The number of carbonyl (C=O) groups excluding carboxylic acids is 1. The molecule has 0 unspecified atom stereocenters. The van der Waals surface area contributed by atoms with Gasteiger partial charge >= 0.3 is 6.18 Å². The third kappa shape index (κ3) is 9.28. The number of anilines is 1. The van der Waals surface area contributed by atoms with Crippen LogP contribution in [0.15, 0.2) is 47.6 Å². The Labute approximate surface area is 308 Å². The lowest BCUT2D eigenvalue weighted by Crippen LogP contribution is -2.31. The smallest absolute Gasteiger partial charge is 0.394 e. The zero-order chi connectivity index (χ0) is 36.4. The van der Waals surface area contributed by atoms with E-state index in [-0.39, 0.29) is 78.6 Å². The second kappa shape index (κ2) is 15.5. The van der Waals surface area contributed by atoms with E-state index < -0.39 is 32.5 Å². The zero-order valence-corrected chi connectivity index (χ0v) is 30.6. The van der Waals surface area contributed by atoms with Crippen LogP contribution in [0.1, 0.15) is 68.6 Å². The second-order valence-electron chi connectivity index (χ2n) is 13.4. The zero-order valence-electron chi connectivity index (χ0n) is 28.2. The molecule has 6 rings (SSSR count). The molecule has 1 atom stereocenters. The number of nitrogens with zero attached hydrogens (tertiary/aromatic N) is 8. The molecule has 5 heterocycles. The van der Waals surface area contributed by atoms with Crippen LogP contribution in [0.2, 0.25) is 5.15 Å². The fraction of sp³-hybridized carbons (Fsp3) is 0.516. The van der Waals surface area contributed by atoms with Crippen molar-refractivity contribution in [3.63, 3.8) is 0 Å². The van der Waals surface area contributed by atoms with E-state index in [0.717, 1.165) is 25.8 Å². The molecule has 1 saturated carbocycles. The van der Waals surface area contributed by atoms with Crippen molar-refractivity contribution in [3.05, 3.63) is 59.1 Å². The molecule has 3 N–H and O–H groups in total. The average molecular weight is 789 g/mol. The Kier molecular flexibility index (Phi) is 11.7. The number of hydrogen-bond acceptors (Lipinski definition) is 12. The van der Waals surface area contributed by atoms with Gasteiger partial charge in [0.25, 0.3) is 15.9 Å². The van der Waals surface area contributed by atoms with Crippen LogP contribution >= 0.6 is 24.0 Å². The summed E-state index contributed by atoms with van der Waals surface area (Å²) in [6.45, 7) is 6.05. The summed E-state index contributed by atoms with van der Waals surface area (Å²) in [5.74, 6) is 0.571. The number of nitrogens with one attached hydrogen (secondary N) is 3. The van der Waals surface area contributed by atoms with Gasteiger partial charge in [0.1, 0.15) is 11.0 Å². The lowest BCUT2D eigenvalue weighted by molar-refractivity contribution is -0.190. The van der Waals surface area contributed by atoms with E-state index in [1.165, 1.54) is 41.2 Å². The number of ether oxygens (including phenoxy) is 1. The van der Waals surface area contributed by atoms with E-state index in [1.54, 1.807) is 10.7 Å². The Hall–Kier alpha value is -4.07. The predicted octanol–water partition coefficient (Wildman–Crippen LogP) is 4.73. The minimum atomic E-state index is -4.43. The third-order valence-electron chi connectivity index (χ3n) is 9.07. The summed E-state index contributed by atoms with van der Waals surface area (Å²) in [6, 6.07) is 8.36. The number of hydrogen-bond donors (Lipinski definition) is 3. The van der Waals surface area contributed by atoms with Gasteiger partial charge in [-0.05, 0) is 99.5 Å². The topological polar surface area (TPSA) is 184 Å². The first kappa shape index (κ1) is 39.1. The van der Waals surface area contributed by atoms with Crippen LogP contribution < -0.4 is 20.1 Å². The van der Waals surface area contributed by atoms with Gasteiger partial charge < -0.3 is 15.4 Å². The van der Waals surface area contributed by atoms with Gasteiger partial charge in [0.2, 0.25) is 5.88 Å². The van der Waals surface area contributed by atoms with Gasteiger partial charge in [-0.15, -0.1) is 22.6 Å². The molecule has 0 bridgehead atoms. The number of aromatic nitrogens is 8. The van der Waals surface area contributed by atoms with E-state index in [1.807, 2.05) is 4.72 Å². The standard InChI is InChI=1S/C31H37ClF3N11O4S.ClH/c1-29(2)17-20(18-37-29)5-4-14-46-24(40-43-44-46)19-36-22-6-3-7-26(38-22)51(48,49)42-28(47)21-8-9-23(39-27(21)32)45-15-10-25(41-45)50-16-13-30(11-12-30)31(33,34)35;/h3,6-10,15,20,37H,4-5,11-14,16-19H2,1-2H3,(H,36,38)(H,42,47);1H/t20-;/m0./s1. The number of aryl methyl sites for hydroxylation is 1. The Balaban J connectivity index is 0.00000523. The van der Waals surface area contributed by atoms with Gasteiger partial charge in [-0.2, -0.15) is 21.6 Å². The molecule has 0 spiro atoms. The second-order valence-corrected chi connectivity index (χ2v) is 15.4. The largest absolute Gasteiger partial charge is 0.477 e. The highest BCUT2D eigenvalue weighted by molar-refractivity contribution is 7.90. The number of amides is 1. The Morgan fingerprint density at radius 1 is 1.15 bits per heavy atom. The third-order valence-corrected chi connectivity index (χ3v) is 10.6. The summed E-state index contributed by atoms with van der Waals surface area (Å²) in [6.07, 6.45) is 0.250. The molecule has 0 aromatic carbocycles. The first-order chi connectivity index (χ1) is 24.1. The van der Waals surface area contributed by atoms with Crippen molar-refractivity contribution in [2.45, 2.75) is 82.2 Å². The molecule has 2 aliphatic rings. The highest BCUT2D eigenvalue weighted by atomic mass is 35.5. The van der Waals surface area contributed by atoms with E-state index >= 15 is 0 Å². The Morgan fingerprint density at radius 3 is 2.63 bits per heavy atom. The monoisotopic (exact) mass is 787 g/mol. The molecule has 0 radical (unpaired) electrons. The van der Waals surface area contributed by atoms with E-state index in [2.05, 4.69) is 55.1 Å². The van der Waals surface area contributed by atoms with Crippen LogP contribution in [-0.2, 0) is 23.1 Å². The van der Waals surface area contributed by atoms with E-state index in [4.69, 9.17) is 16.3 Å². The molecule has 4 aromatic rings. The average Bonchev–Trinajstić information content (AvgIpc) is 3.34. The fourth-order valence-electron chi connectivity index (χ4n) is 6.02. The number of halogens is 5. The molecule has 15 nitrogen and oxygen atoms in total. The molecule has 1 saturated heterocycles. The van der Waals surface area contributed by atoms with Gasteiger partial charge in [0, 0.05) is 24.3 Å². The van der Waals surface area contributed by atoms with Crippen LogP contribution in [0.5, 0.6) is 5.88 Å². The normalized spacial score (nSPS) is 17.7. The SMILES string of the molecule is CC1(C)C[C@H](CCCn2nnnc2CNc2cccc(S(=O)(=O)NC(=O)c3ccc(-n4ccc(OCCC5(C(F)(F)F)CC5)n4)nc3Cl)n2)CN1.Cl. The van der Waals surface area contributed by atoms with Gasteiger partial charge in [-0.3, -0.25) is 4.79 Å². The Morgan fingerprint density at radius 2 is 1.94 bits per heavy atom. The summed E-state index contributed by atoms with van der Waals surface area (Å²) < 4.78 is 76.0. The first-order valence-electron chi connectivity index (χ1n) is 16.3. The summed E-state index contributed by atoms with van der Waals surface area (Å²) in [5.41, 5.74) is -1.76. The van der Waals surface area contributed by atoms with Crippen LogP contribution in [-0.4, -0.2) is 79.1 Å².